The first kappa shape index (κ1) is 14.4. The average Bonchev–Trinajstić information content (AvgIpc) is 2.29. The maximum atomic E-state index is 10.7. The van der Waals surface area contributed by atoms with Crippen molar-refractivity contribution >= 4 is 37.5 Å². The lowest BCUT2D eigenvalue weighted by Crippen LogP contribution is -2.12. The lowest BCUT2D eigenvalue weighted by molar-refractivity contribution is -0.385. The van der Waals surface area contributed by atoms with Gasteiger partial charge in [0.05, 0.1) is 17.6 Å². The van der Waals surface area contributed by atoms with Crippen LogP contribution in [0.5, 0.6) is 5.75 Å². The molecule has 1 aromatic rings. The SMILES string of the molecule is CCC(CBr)COc1cc(Br)cc([N+](=O)[O-])c1. The van der Waals surface area contributed by atoms with Gasteiger partial charge >= 0.3 is 0 Å². The number of benzene rings is 1. The summed E-state index contributed by atoms with van der Waals surface area (Å²) in [5.41, 5.74) is 0.0289. The number of nitro benzene ring substituents is 1. The minimum atomic E-state index is -0.431. The highest BCUT2D eigenvalue weighted by Crippen LogP contribution is 2.26. The molecule has 0 radical (unpaired) electrons. The van der Waals surface area contributed by atoms with Crippen molar-refractivity contribution < 1.29 is 9.66 Å². The number of non-ortho nitro benzene ring substituents is 1. The second-order valence-electron chi connectivity index (χ2n) is 3.64. The largest absolute Gasteiger partial charge is 0.493 e. The zero-order chi connectivity index (χ0) is 12.8. The molecular weight excluding hydrogens is 354 g/mol. The quantitative estimate of drug-likeness (QED) is 0.431. The Bertz CT molecular complexity index is 394. The fraction of sp³-hybridized carbons (Fsp3) is 0.455. The van der Waals surface area contributed by atoms with E-state index in [1.165, 1.54) is 12.1 Å². The van der Waals surface area contributed by atoms with Gasteiger partial charge in [0, 0.05) is 21.8 Å². The summed E-state index contributed by atoms with van der Waals surface area (Å²) in [6, 6.07) is 4.62. The standard InChI is InChI=1S/C11H13Br2NO3/c1-2-8(6-12)7-17-11-4-9(13)3-10(5-11)14(15)16/h3-5,8H,2,6-7H2,1H3. The van der Waals surface area contributed by atoms with E-state index in [9.17, 15) is 10.1 Å². The van der Waals surface area contributed by atoms with E-state index < -0.39 is 4.92 Å². The summed E-state index contributed by atoms with van der Waals surface area (Å²) in [7, 11) is 0. The molecule has 4 nitrogen and oxygen atoms in total. The van der Waals surface area contributed by atoms with Crippen molar-refractivity contribution in [1.29, 1.82) is 0 Å². The smallest absolute Gasteiger partial charge is 0.274 e. The minimum absolute atomic E-state index is 0.0289. The zero-order valence-electron chi connectivity index (χ0n) is 9.36. The van der Waals surface area contributed by atoms with Crippen molar-refractivity contribution in [3.8, 4) is 5.75 Å². The van der Waals surface area contributed by atoms with Gasteiger partial charge in [-0.15, -0.1) is 0 Å². The maximum Gasteiger partial charge on any atom is 0.274 e. The Morgan fingerprint density at radius 3 is 2.71 bits per heavy atom. The molecule has 1 unspecified atom stereocenters. The molecule has 0 fully saturated rings. The van der Waals surface area contributed by atoms with E-state index in [2.05, 4.69) is 38.8 Å². The van der Waals surface area contributed by atoms with Crippen molar-refractivity contribution in [2.75, 3.05) is 11.9 Å². The second-order valence-corrected chi connectivity index (χ2v) is 5.20. The van der Waals surface area contributed by atoms with Crippen molar-refractivity contribution in [1.82, 2.24) is 0 Å². The normalized spacial score (nSPS) is 12.2. The minimum Gasteiger partial charge on any atom is -0.493 e. The summed E-state index contributed by atoms with van der Waals surface area (Å²) in [6.07, 6.45) is 1.00. The fourth-order valence-electron chi connectivity index (χ4n) is 1.22. The molecule has 0 aliphatic carbocycles. The molecule has 0 N–H and O–H groups in total. The molecule has 1 atom stereocenters. The molecule has 94 valence electrons. The summed E-state index contributed by atoms with van der Waals surface area (Å²) < 4.78 is 6.20. The van der Waals surface area contributed by atoms with E-state index in [4.69, 9.17) is 4.74 Å². The monoisotopic (exact) mass is 365 g/mol. The van der Waals surface area contributed by atoms with Gasteiger partial charge in [-0.25, -0.2) is 0 Å². The predicted octanol–water partition coefficient (Wildman–Crippen LogP) is 4.16. The summed E-state index contributed by atoms with van der Waals surface area (Å²) >= 11 is 6.63. The Balaban J connectivity index is 2.74. The number of halogens is 2. The summed E-state index contributed by atoms with van der Waals surface area (Å²) in [5, 5.41) is 11.5. The number of hydrogen-bond acceptors (Lipinski definition) is 3. The van der Waals surface area contributed by atoms with Crippen LogP contribution in [-0.4, -0.2) is 16.9 Å². The molecule has 17 heavy (non-hydrogen) atoms. The highest BCUT2D eigenvalue weighted by molar-refractivity contribution is 9.10. The van der Waals surface area contributed by atoms with Gasteiger partial charge in [-0.2, -0.15) is 0 Å². The molecule has 0 saturated heterocycles. The predicted molar refractivity (Wildman–Crippen MR) is 73.9 cm³/mol. The van der Waals surface area contributed by atoms with Crippen LogP contribution in [-0.2, 0) is 0 Å². The average molecular weight is 367 g/mol. The van der Waals surface area contributed by atoms with Crippen molar-refractivity contribution in [3.05, 3.63) is 32.8 Å². The first-order valence-electron chi connectivity index (χ1n) is 5.20. The van der Waals surface area contributed by atoms with E-state index in [0.717, 1.165) is 11.8 Å². The van der Waals surface area contributed by atoms with Crippen LogP contribution in [0, 0.1) is 16.0 Å². The molecule has 0 bridgehead atoms. The van der Waals surface area contributed by atoms with E-state index >= 15 is 0 Å². The lowest BCUT2D eigenvalue weighted by atomic mass is 10.1. The topological polar surface area (TPSA) is 52.4 Å². The maximum absolute atomic E-state index is 10.7. The summed E-state index contributed by atoms with van der Waals surface area (Å²) in [4.78, 5) is 10.2. The van der Waals surface area contributed by atoms with Gasteiger partial charge in [0.25, 0.3) is 5.69 Å². The van der Waals surface area contributed by atoms with Crippen molar-refractivity contribution in [2.45, 2.75) is 13.3 Å². The molecule has 0 saturated carbocycles. The molecule has 0 aliphatic rings. The summed E-state index contributed by atoms with van der Waals surface area (Å²) in [5.74, 6) is 0.929. The highest BCUT2D eigenvalue weighted by atomic mass is 79.9. The molecule has 0 amide bonds. The number of hydrogen-bond donors (Lipinski definition) is 0. The summed E-state index contributed by atoms with van der Waals surface area (Å²) in [6.45, 7) is 2.63. The molecule has 0 aromatic heterocycles. The number of nitro groups is 1. The van der Waals surface area contributed by atoms with Gasteiger partial charge in [-0.05, 0) is 12.5 Å². The first-order valence-corrected chi connectivity index (χ1v) is 7.12. The van der Waals surface area contributed by atoms with Crippen molar-refractivity contribution in [3.63, 3.8) is 0 Å². The van der Waals surface area contributed by atoms with E-state index in [1.807, 2.05) is 0 Å². The molecule has 0 aliphatic heterocycles. The Hall–Kier alpha value is -0.620. The number of rotatable bonds is 6. The van der Waals surface area contributed by atoms with E-state index in [0.29, 0.717) is 22.7 Å². The van der Waals surface area contributed by atoms with Crippen LogP contribution in [0.4, 0.5) is 5.69 Å². The van der Waals surface area contributed by atoms with Gasteiger partial charge in [0.1, 0.15) is 5.75 Å². The van der Waals surface area contributed by atoms with Crippen LogP contribution in [0.15, 0.2) is 22.7 Å². The van der Waals surface area contributed by atoms with Gasteiger partial charge in [0.2, 0.25) is 0 Å². The second kappa shape index (κ2) is 6.96. The third kappa shape index (κ3) is 4.63. The first-order chi connectivity index (χ1) is 8.06. The fourth-order valence-corrected chi connectivity index (χ4v) is 2.33. The molecule has 0 heterocycles. The molecule has 1 aromatic carbocycles. The van der Waals surface area contributed by atoms with E-state index in [-0.39, 0.29) is 5.69 Å². The Labute approximate surface area is 117 Å². The van der Waals surface area contributed by atoms with Gasteiger partial charge in [0.15, 0.2) is 0 Å². The van der Waals surface area contributed by atoms with Crippen molar-refractivity contribution in [2.24, 2.45) is 5.92 Å². The lowest BCUT2D eigenvalue weighted by Gasteiger charge is -2.13. The molecule has 0 spiro atoms. The Kier molecular flexibility index (Phi) is 5.91. The van der Waals surface area contributed by atoms with Gasteiger partial charge < -0.3 is 4.74 Å². The Morgan fingerprint density at radius 2 is 2.18 bits per heavy atom. The highest BCUT2D eigenvalue weighted by Gasteiger charge is 2.11. The zero-order valence-corrected chi connectivity index (χ0v) is 12.5. The van der Waals surface area contributed by atoms with Crippen LogP contribution >= 0.6 is 31.9 Å². The van der Waals surface area contributed by atoms with Crippen LogP contribution < -0.4 is 4.74 Å². The molecular formula is C11H13Br2NO3. The van der Waals surface area contributed by atoms with Crippen LogP contribution in [0.3, 0.4) is 0 Å². The van der Waals surface area contributed by atoms with Crippen LogP contribution in [0.2, 0.25) is 0 Å². The van der Waals surface area contributed by atoms with Gasteiger partial charge in [-0.3, -0.25) is 10.1 Å². The third-order valence-electron chi connectivity index (χ3n) is 2.35. The number of nitrogens with zero attached hydrogens (tertiary/aromatic N) is 1. The number of alkyl halides is 1. The molecule has 1 rings (SSSR count). The van der Waals surface area contributed by atoms with Crippen LogP contribution in [0.25, 0.3) is 0 Å². The van der Waals surface area contributed by atoms with E-state index in [1.54, 1.807) is 6.07 Å². The van der Waals surface area contributed by atoms with Crippen LogP contribution in [0.1, 0.15) is 13.3 Å². The third-order valence-corrected chi connectivity index (χ3v) is 3.72. The van der Waals surface area contributed by atoms with Gasteiger partial charge in [-0.1, -0.05) is 38.8 Å². The Morgan fingerprint density at radius 1 is 1.47 bits per heavy atom. The molecule has 6 heteroatoms. The number of ether oxygens (including phenoxy) is 1.